The number of likely N-dealkylation sites (N-methyl/N-ethyl adjacent to an activating group) is 1. The topological polar surface area (TPSA) is 66.9 Å². The van der Waals surface area contributed by atoms with Gasteiger partial charge in [-0.2, -0.15) is 0 Å². The van der Waals surface area contributed by atoms with Gasteiger partial charge in [-0.25, -0.2) is 4.98 Å². The first-order valence-electron chi connectivity index (χ1n) is 6.11. The number of nitrogens with one attached hydrogen (secondary N) is 2. The summed E-state index contributed by atoms with van der Waals surface area (Å²) in [5, 5.41) is 5.77. The number of pyridine rings is 2. The predicted molar refractivity (Wildman–Crippen MR) is 73.7 cm³/mol. The number of rotatable bonds is 5. The van der Waals surface area contributed by atoms with Crippen LogP contribution in [0.3, 0.4) is 0 Å². The molecule has 0 bridgehead atoms. The number of aromatic nitrogens is 2. The maximum Gasteiger partial charge on any atom is 0.269 e. The van der Waals surface area contributed by atoms with Gasteiger partial charge in [0.15, 0.2) is 0 Å². The lowest BCUT2D eigenvalue weighted by Crippen LogP contribution is -2.30. The molecule has 0 aliphatic rings. The molecule has 0 aromatic carbocycles. The van der Waals surface area contributed by atoms with Crippen molar-refractivity contribution in [2.75, 3.05) is 20.1 Å². The average molecular weight is 256 g/mol. The molecule has 19 heavy (non-hydrogen) atoms. The molecule has 2 aromatic heterocycles. The molecule has 5 nitrogen and oxygen atoms in total. The number of hydrogen-bond acceptors (Lipinski definition) is 4. The Morgan fingerprint density at radius 3 is 2.84 bits per heavy atom. The first-order valence-corrected chi connectivity index (χ1v) is 6.11. The lowest BCUT2D eigenvalue weighted by Gasteiger charge is -2.06. The molecule has 0 saturated carbocycles. The predicted octanol–water partition coefficient (Wildman–Crippen LogP) is 1.09. The Hall–Kier alpha value is -2.27. The average Bonchev–Trinajstić information content (AvgIpc) is 2.48. The third kappa shape index (κ3) is 3.59. The molecule has 98 valence electrons. The van der Waals surface area contributed by atoms with E-state index in [1.807, 2.05) is 31.3 Å². The van der Waals surface area contributed by atoms with Crippen LogP contribution in [0, 0.1) is 0 Å². The van der Waals surface area contributed by atoms with Crippen LogP contribution in [0.25, 0.3) is 11.3 Å². The summed E-state index contributed by atoms with van der Waals surface area (Å²) >= 11 is 0. The van der Waals surface area contributed by atoms with Crippen molar-refractivity contribution < 1.29 is 4.79 Å². The number of nitrogens with zero attached hydrogens (tertiary/aromatic N) is 2. The van der Waals surface area contributed by atoms with E-state index in [0.717, 1.165) is 17.8 Å². The van der Waals surface area contributed by atoms with Crippen molar-refractivity contribution in [1.82, 2.24) is 20.6 Å². The second-order valence-corrected chi connectivity index (χ2v) is 4.01. The van der Waals surface area contributed by atoms with Gasteiger partial charge in [-0.1, -0.05) is 6.07 Å². The summed E-state index contributed by atoms with van der Waals surface area (Å²) < 4.78 is 0. The summed E-state index contributed by atoms with van der Waals surface area (Å²) in [6.45, 7) is 1.31. The van der Waals surface area contributed by atoms with Crippen LogP contribution in [0.1, 0.15) is 10.5 Å². The molecule has 2 N–H and O–H groups in total. The van der Waals surface area contributed by atoms with Gasteiger partial charge in [0.25, 0.3) is 5.91 Å². The fraction of sp³-hybridized carbons (Fsp3) is 0.214. The third-order valence-corrected chi connectivity index (χ3v) is 2.60. The monoisotopic (exact) mass is 256 g/mol. The lowest BCUT2D eigenvalue weighted by atomic mass is 10.2. The van der Waals surface area contributed by atoms with Crippen molar-refractivity contribution in [3.05, 3.63) is 48.4 Å². The normalized spacial score (nSPS) is 10.2. The van der Waals surface area contributed by atoms with E-state index < -0.39 is 0 Å². The molecular formula is C14H16N4O. The molecule has 0 aliphatic heterocycles. The molecule has 2 rings (SSSR count). The van der Waals surface area contributed by atoms with Gasteiger partial charge in [-0.05, 0) is 31.3 Å². The van der Waals surface area contributed by atoms with Gasteiger partial charge in [0.05, 0.1) is 5.69 Å². The maximum absolute atomic E-state index is 11.9. The van der Waals surface area contributed by atoms with Crippen molar-refractivity contribution >= 4 is 5.91 Å². The van der Waals surface area contributed by atoms with Crippen LogP contribution in [0.15, 0.2) is 42.7 Å². The quantitative estimate of drug-likeness (QED) is 0.786. The van der Waals surface area contributed by atoms with E-state index in [-0.39, 0.29) is 5.91 Å². The fourth-order valence-corrected chi connectivity index (χ4v) is 1.63. The Labute approximate surface area is 112 Å². The largest absolute Gasteiger partial charge is 0.349 e. The second kappa shape index (κ2) is 6.61. The lowest BCUT2D eigenvalue weighted by molar-refractivity contribution is 0.0949. The van der Waals surface area contributed by atoms with Crippen molar-refractivity contribution in [2.24, 2.45) is 0 Å². The van der Waals surface area contributed by atoms with Crippen LogP contribution in [0.4, 0.5) is 0 Å². The van der Waals surface area contributed by atoms with Crippen molar-refractivity contribution in [3.63, 3.8) is 0 Å². The van der Waals surface area contributed by atoms with E-state index >= 15 is 0 Å². The SMILES string of the molecule is CNCCNC(=O)c1cccc(-c2cccnc2)n1. The minimum Gasteiger partial charge on any atom is -0.349 e. The van der Waals surface area contributed by atoms with E-state index in [1.54, 1.807) is 18.5 Å². The Morgan fingerprint density at radius 2 is 2.11 bits per heavy atom. The molecule has 0 saturated heterocycles. The Balaban J connectivity index is 2.13. The molecule has 0 aliphatic carbocycles. The molecule has 0 unspecified atom stereocenters. The van der Waals surface area contributed by atoms with Crippen molar-refractivity contribution in [2.45, 2.75) is 0 Å². The van der Waals surface area contributed by atoms with E-state index in [4.69, 9.17) is 0 Å². The molecule has 5 heteroatoms. The fourth-order valence-electron chi connectivity index (χ4n) is 1.63. The smallest absolute Gasteiger partial charge is 0.269 e. The molecule has 0 atom stereocenters. The summed E-state index contributed by atoms with van der Waals surface area (Å²) in [6, 6.07) is 9.15. The van der Waals surface area contributed by atoms with E-state index in [1.165, 1.54) is 0 Å². The molecule has 2 aromatic rings. The van der Waals surface area contributed by atoms with E-state index in [0.29, 0.717) is 12.2 Å². The summed E-state index contributed by atoms with van der Waals surface area (Å²) in [7, 11) is 1.84. The minimum atomic E-state index is -0.166. The van der Waals surface area contributed by atoms with Gasteiger partial charge in [-0.3, -0.25) is 9.78 Å². The highest BCUT2D eigenvalue weighted by molar-refractivity contribution is 5.92. The van der Waals surface area contributed by atoms with Crippen LogP contribution in [-0.4, -0.2) is 36.0 Å². The Morgan fingerprint density at radius 1 is 1.21 bits per heavy atom. The Kier molecular flexibility index (Phi) is 4.58. The molecule has 1 amide bonds. The van der Waals surface area contributed by atoms with Crippen molar-refractivity contribution in [1.29, 1.82) is 0 Å². The zero-order valence-corrected chi connectivity index (χ0v) is 10.8. The second-order valence-electron chi connectivity index (χ2n) is 4.01. The number of carbonyl (C=O) groups excluding carboxylic acids is 1. The molecule has 0 fully saturated rings. The Bertz CT molecular complexity index is 542. The number of carbonyl (C=O) groups is 1. The number of hydrogen-bond donors (Lipinski definition) is 2. The molecule has 0 radical (unpaired) electrons. The third-order valence-electron chi connectivity index (χ3n) is 2.60. The molecular weight excluding hydrogens is 240 g/mol. The van der Waals surface area contributed by atoms with Crippen molar-refractivity contribution in [3.8, 4) is 11.3 Å². The zero-order valence-electron chi connectivity index (χ0n) is 10.8. The van der Waals surface area contributed by atoms with Crippen LogP contribution in [-0.2, 0) is 0 Å². The molecule has 0 spiro atoms. The summed E-state index contributed by atoms with van der Waals surface area (Å²) in [5.41, 5.74) is 2.05. The first-order chi connectivity index (χ1) is 9.31. The van der Waals surface area contributed by atoms with E-state index in [9.17, 15) is 4.79 Å². The number of amides is 1. The highest BCUT2D eigenvalue weighted by atomic mass is 16.1. The maximum atomic E-state index is 11.9. The highest BCUT2D eigenvalue weighted by Crippen LogP contribution is 2.15. The highest BCUT2D eigenvalue weighted by Gasteiger charge is 2.08. The first kappa shape index (κ1) is 13.2. The molecule has 2 heterocycles. The minimum absolute atomic E-state index is 0.166. The van der Waals surface area contributed by atoms with Crippen LogP contribution < -0.4 is 10.6 Å². The van der Waals surface area contributed by atoms with E-state index in [2.05, 4.69) is 20.6 Å². The van der Waals surface area contributed by atoms with Gasteiger partial charge in [0, 0.05) is 31.0 Å². The summed E-state index contributed by atoms with van der Waals surface area (Å²) in [6.07, 6.45) is 3.43. The zero-order chi connectivity index (χ0) is 13.5. The van der Waals surface area contributed by atoms with Gasteiger partial charge in [0.2, 0.25) is 0 Å². The summed E-state index contributed by atoms with van der Waals surface area (Å²) in [4.78, 5) is 20.3. The van der Waals surface area contributed by atoms with Crippen LogP contribution in [0.2, 0.25) is 0 Å². The van der Waals surface area contributed by atoms with Gasteiger partial charge < -0.3 is 10.6 Å². The van der Waals surface area contributed by atoms with Gasteiger partial charge in [0.1, 0.15) is 5.69 Å². The standard InChI is InChI=1S/C14H16N4O/c1-15-8-9-17-14(19)13-6-2-5-12(18-13)11-4-3-7-16-10-11/h2-7,10,15H,8-9H2,1H3,(H,17,19). The van der Waals surface area contributed by atoms with Crippen LogP contribution >= 0.6 is 0 Å². The van der Waals surface area contributed by atoms with Gasteiger partial charge in [-0.15, -0.1) is 0 Å². The van der Waals surface area contributed by atoms with Gasteiger partial charge >= 0.3 is 0 Å². The van der Waals surface area contributed by atoms with Crippen LogP contribution in [0.5, 0.6) is 0 Å². The summed E-state index contributed by atoms with van der Waals surface area (Å²) in [5.74, 6) is -0.166.